The number of hydrogen-bond acceptors (Lipinski definition) is 7. The van der Waals surface area contributed by atoms with Gasteiger partial charge < -0.3 is 9.47 Å². The van der Waals surface area contributed by atoms with E-state index in [1.165, 1.54) is 20.0 Å². The van der Waals surface area contributed by atoms with E-state index in [4.69, 9.17) is 9.47 Å². The van der Waals surface area contributed by atoms with Crippen LogP contribution in [-0.4, -0.2) is 50.8 Å². The molecule has 0 radical (unpaired) electrons. The van der Waals surface area contributed by atoms with Crippen LogP contribution in [0.2, 0.25) is 0 Å². The maximum atomic E-state index is 12.3. The molecule has 9 nitrogen and oxygen atoms in total. The third-order valence-corrected chi connectivity index (χ3v) is 6.84. The lowest BCUT2D eigenvalue weighted by Gasteiger charge is -2.18. The van der Waals surface area contributed by atoms with Crippen LogP contribution in [0.3, 0.4) is 0 Å². The molecule has 2 aromatic rings. The molecule has 0 bridgehead atoms. The van der Waals surface area contributed by atoms with Gasteiger partial charge in [-0.3, -0.25) is 20.4 Å². The van der Waals surface area contributed by atoms with Gasteiger partial charge >= 0.3 is 0 Å². The minimum absolute atomic E-state index is 0.134. The number of amides is 2. The number of nitrogens with zero attached hydrogens (tertiary/aromatic N) is 1. The number of hydrogen-bond donors (Lipinski definition) is 2. The van der Waals surface area contributed by atoms with Crippen LogP contribution < -0.4 is 20.3 Å². The lowest BCUT2D eigenvalue weighted by Crippen LogP contribution is -2.50. The van der Waals surface area contributed by atoms with E-state index >= 15 is 0 Å². The van der Waals surface area contributed by atoms with Crippen molar-refractivity contribution >= 4 is 33.2 Å². The normalized spacial score (nSPS) is 12.3. The minimum atomic E-state index is -3.75. The Morgan fingerprint density at radius 3 is 2.38 bits per heavy atom. The molecule has 29 heavy (non-hydrogen) atoms. The molecule has 0 spiro atoms. The van der Waals surface area contributed by atoms with E-state index in [0.717, 1.165) is 15.6 Å². The van der Waals surface area contributed by atoms with Gasteiger partial charge in [-0.1, -0.05) is 6.07 Å². The van der Waals surface area contributed by atoms with Crippen LogP contribution in [0.1, 0.15) is 13.8 Å². The fourth-order valence-electron chi connectivity index (χ4n) is 2.16. The van der Waals surface area contributed by atoms with Crippen molar-refractivity contribution in [1.82, 2.24) is 15.2 Å². The molecule has 0 saturated heterocycles. The lowest BCUT2D eigenvalue weighted by molar-refractivity contribution is -0.132. The summed E-state index contributed by atoms with van der Waals surface area (Å²) < 4.78 is 36.4. The summed E-state index contributed by atoms with van der Waals surface area (Å²) in [6, 6.07) is 9.83. The molecule has 2 N–H and O–H groups in total. The van der Waals surface area contributed by atoms with Crippen molar-refractivity contribution in [2.45, 2.75) is 24.2 Å². The molecule has 1 aromatic heterocycles. The molecule has 2 amide bonds. The second kappa shape index (κ2) is 10.2. The first-order chi connectivity index (χ1) is 13.7. The largest absolute Gasteiger partial charge is 0.494 e. The predicted molar refractivity (Wildman–Crippen MR) is 108 cm³/mol. The fourth-order valence-corrected chi connectivity index (χ4v) is 4.49. The van der Waals surface area contributed by atoms with E-state index in [0.29, 0.717) is 18.1 Å². The first kappa shape index (κ1) is 22.7. The number of sulfonamides is 1. The number of benzene rings is 1. The number of hydrazine groups is 1. The number of ether oxygens (including phenoxy) is 2. The Morgan fingerprint density at radius 2 is 1.79 bits per heavy atom. The average molecular weight is 442 g/mol. The molecule has 0 saturated carbocycles. The lowest BCUT2D eigenvalue weighted by atomic mass is 10.3. The molecule has 1 unspecified atom stereocenters. The Hall–Kier alpha value is -2.63. The Kier molecular flexibility index (Phi) is 8.00. The van der Waals surface area contributed by atoms with Crippen LogP contribution in [-0.2, 0) is 19.6 Å². The summed E-state index contributed by atoms with van der Waals surface area (Å²) in [4.78, 5) is 24.1. The Bertz CT molecular complexity index is 914. The fraction of sp³-hybridized carbons (Fsp3) is 0.333. The van der Waals surface area contributed by atoms with Gasteiger partial charge in [-0.05, 0) is 49.6 Å². The van der Waals surface area contributed by atoms with Crippen LogP contribution in [0, 0.1) is 0 Å². The van der Waals surface area contributed by atoms with Gasteiger partial charge in [-0.15, -0.1) is 11.3 Å². The van der Waals surface area contributed by atoms with Crippen LogP contribution in [0.15, 0.2) is 46.0 Å². The van der Waals surface area contributed by atoms with Gasteiger partial charge in [0, 0.05) is 7.05 Å². The summed E-state index contributed by atoms with van der Waals surface area (Å²) in [5.74, 6) is -0.125. The molecular weight excluding hydrogens is 418 g/mol. The minimum Gasteiger partial charge on any atom is -0.494 e. The van der Waals surface area contributed by atoms with Gasteiger partial charge in [0.15, 0.2) is 6.10 Å². The van der Waals surface area contributed by atoms with Crippen molar-refractivity contribution in [3.05, 3.63) is 41.8 Å². The second-order valence-corrected chi connectivity index (χ2v) is 9.11. The highest BCUT2D eigenvalue weighted by Gasteiger charge is 2.24. The highest BCUT2D eigenvalue weighted by atomic mass is 32.2. The van der Waals surface area contributed by atoms with Crippen molar-refractivity contribution in [3.8, 4) is 11.5 Å². The zero-order valence-corrected chi connectivity index (χ0v) is 17.9. The zero-order valence-electron chi connectivity index (χ0n) is 16.2. The zero-order chi connectivity index (χ0) is 21.4. The van der Waals surface area contributed by atoms with Crippen LogP contribution in [0.5, 0.6) is 11.5 Å². The molecule has 0 aliphatic rings. The number of rotatable bonds is 9. The molecular formula is C18H23N3O6S2. The third-order valence-electron chi connectivity index (χ3n) is 3.67. The first-order valence-electron chi connectivity index (χ1n) is 8.72. The summed E-state index contributed by atoms with van der Waals surface area (Å²) in [5, 5.41) is 1.63. The van der Waals surface area contributed by atoms with Gasteiger partial charge in [-0.25, -0.2) is 8.42 Å². The summed E-state index contributed by atoms with van der Waals surface area (Å²) in [6.07, 6.45) is -0.888. The third kappa shape index (κ3) is 6.44. The number of likely N-dealkylation sites (N-methyl/N-ethyl adjacent to an activating group) is 1. The molecule has 158 valence electrons. The SMILES string of the molecule is CCOc1ccc(OC(C)C(=O)NNC(=O)CN(C)S(=O)(=O)c2cccs2)cc1. The van der Waals surface area contributed by atoms with Gasteiger partial charge in [0.25, 0.3) is 21.8 Å². The van der Waals surface area contributed by atoms with Crippen molar-refractivity contribution in [1.29, 1.82) is 0 Å². The van der Waals surface area contributed by atoms with Gasteiger partial charge in [0.1, 0.15) is 15.7 Å². The first-order valence-corrected chi connectivity index (χ1v) is 11.0. The summed E-state index contributed by atoms with van der Waals surface area (Å²) in [6.45, 7) is 3.49. The molecule has 0 fully saturated rings. The number of carbonyl (C=O) groups is 2. The van der Waals surface area contributed by atoms with Crippen LogP contribution in [0.4, 0.5) is 0 Å². The molecule has 0 aliphatic heterocycles. The maximum Gasteiger partial charge on any atom is 0.279 e. The standard InChI is InChI=1S/C18H23N3O6S2/c1-4-26-14-7-9-15(10-8-14)27-13(2)18(23)20-19-16(22)12-21(3)29(24,25)17-6-5-11-28-17/h5-11,13H,4,12H2,1-3H3,(H,19,22)(H,20,23). The number of nitrogens with one attached hydrogen (secondary N) is 2. The predicted octanol–water partition coefficient (Wildman–Crippen LogP) is 1.38. The summed E-state index contributed by atoms with van der Waals surface area (Å²) >= 11 is 1.06. The van der Waals surface area contributed by atoms with Crippen molar-refractivity contribution < 1.29 is 27.5 Å². The van der Waals surface area contributed by atoms with Gasteiger partial charge in [-0.2, -0.15) is 4.31 Å². The average Bonchev–Trinajstić information content (AvgIpc) is 3.23. The Morgan fingerprint density at radius 1 is 1.14 bits per heavy atom. The number of thiophene rings is 1. The Labute approximate surface area is 173 Å². The van der Waals surface area contributed by atoms with Gasteiger partial charge in [0.2, 0.25) is 0 Å². The monoisotopic (exact) mass is 441 g/mol. The molecule has 0 aliphatic carbocycles. The van der Waals surface area contributed by atoms with E-state index in [-0.39, 0.29) is 4.21 Å². The molecule has 1 aromatic carbocycles. The maximum absolute atomic E-state index is 12.3. The van der Waals surface area contributed by atoms with Gasteiger partial charge in [0.05, 0.1) is 13.2 Å². The summed E-state index contributed by atoms with van der Waals surface area (Å²) in [5.41, 5.74) is 4.40. The highest BCUT2D eigenvalue weighted by Crippen LogP contribution is 2.20. The van der Waals surface area contributed by atoms with Crippen molar-refractivity contribution in [2.24, 2.45) is 0 Å². The topological polar surface area (TPSA) is 114 Å². The molecule has 2 rings (SSSR count). The van der Waals surface area contributed by atoms with Crippen LogP contribution in [0.25, 0.3) is 0 Å². The molecule has 1 heterocycles. The molecule has 1 atom stereocenters. The Balaban J connectivity index is 1.80. The van der Waals surface area contributed by atoms with E-state index in [1.54, 1.807) is 35.7 Å². The summed E-state index contributed by atoms with van der Waals surface area (Å²) in [7, 11) is -2.46. The van der Waals surface area contributed by atoms with E-state index < -0.39 is 34.5 Å². The van der Waals surface area contributed by atoms with E-state index in [1.807, 2.05) is 6.92 Å². The highest BCUT2D eigenvalue weighted by molar-refractivity contribution is 7.91. The van der Waals surface area contributed by atoms with E-state index in [9.17, 15) is 18.0 Å². The number of carbonyl (C=O) groups excluding carboxylic acids is 2. The van der Waals surface area contributed by atoms with Crippen molar-refractivity contribution in [3.63, 3.8) is 0 Å². The smallest absolute Gasteiger partial charge is 0.279 e. The van der Waals surface area contributed by atoms with Crippen LogP contribution >= 0.6 is 11.3 Å². The quantitative estimate of drug-likeness (QED) is 0.569. The molecule has 11 heteroatoms. The second-order valence-electron chi connectivity index (χ2n) is 5.90. The van der Waals surface area contributed by atoms with Crippen molar-refractivity contribution in [2.75, 3.05) is 20.2 Å². The van der Waals surface area contributed by atoms with E-state index in [2.05, 4.69) is 10.9 Å².